The van der Waals surface area contributed by atoms with Crippen LogP contribution in [0.5, 0.6) is 5.75 Å². The van der Waals surface area contributed by atoms with Gasteiger partial charge in [0, 0.05) is 18.4 Å². The molecule has 0 aliphatic heterocycles. The normalized spacial score (nSPS) is 12.2. The Bertz CT molecular complexity index is 516. The van der Waals surface area contributed by atoms with Crippen LogP contribution in [-0.4, -0.2) is 12.1 Å². The first-order valence-electron chi connectivity index (χ1n) is 5.68. The van der Waals surface area contributed by atoms with E-state index in [0.717, 1.165) is 11.1 Å². The number of hydrogen-bond acceptors (Lipinski definition) is 3. The first-order valence-corrected chi connectivity index (χ1v) is 5.68. The largest absolute Gasteiger partial charge is 0.494 e. The lowest BCUT2D eigenvalue weighted by atomic mass is 10.0. The van der Waals surface area contributed by atoms with Crippen molar-refractivity contribution in [1.82, 2.24) is 4.98 Å². The van der Waals surface area contributed by atoms with Gasteiger partial charge in [0.05, 0.1) is 7.11 Å². The molecule has 1 aromatic heterocycles. The van der Waals surface area contributed by atoms with Crippen molar-refractivity contribution in [3.8, 4) is 5.75 Å². The second kappa shape index (κ2) is 5.60. The van der Waals surface area contributed by atoms with Crippen molar-refractivity contribution in [1.29, 1.82) is 0 Å². The smallest absolute Gasteiger partial charge is 0.165 e. The molecule has 2 aromatic rings. The highest BCUT2D eigenvalue weighted by molar-refractivity contribution is 5.31. The number of benzene rings is 1. The Morgan fingerprint density at radius 1 is 1.39 bits per heavy atom. The monoisotopic (exact) mass is 246 g/mol. The molecule has 0 spiro atoms. The van der Waals surface area contributed by atoms with Gasteiger partial charge in [-0.3, -0.25) is 4.98 Å². The molecule has 0 radical (unpaired) electrons. The summed E-state index contributed by atoms with van der Waals surface area (Å²) >= 11 is 0. The van der Waals surface area contributed by atoms with Gasteiger partial charge >= 0.3 is 0 Å². The number of nitrogens with zero attached hydrogens (tertiary/aromatic N) is 1. The molecule has 1 aromatic carbocycles. The molecular weight excluding hydrogens is 231 g/mol. The van der Waals surface area contributed by atoms with Gasteiger partial charge in [0.1, 0.15) is 0 Å². The van der Waals surface area contributed by atoms with E-state index in [1.807, 2.05) is 12.1 Å². The van der Waals surface area contributed by atoms with E-state index in [-0.39, 0.29) is 11.8 Å². The number of ether oxygens (including phenoxy) is 1. The van der Waals surface area contributed by atoms with Crippen molar-refractivity contribution in [3.63, 3.8) is 0 Å². The standard InChI is InChI=1S/C14H15FN2O/c1-18-14-5-4-11(8-12(14)15)13(16)7-10-3-2-6-17-9-10/h2-6,8-9,13H,7,16H2,1H3. The topological polar surface area (TPSA) is 48.1 Å². The molecule has 94 valence electrons. The fourth-order valence-electron chi connectivity index (χ4n) is 1.80. The molecule has 4 heteroatoms. The van der Waals surface area contributed by atoms with E-state index in [1.54, 1.807) is 24.5 Å². The van der Waals surface area contributed by atoms with Crippen LogP contribution in [-0.2, 0) is 6.42 Å². The Labute approximate surface area is 105 Å². The van der Waals surface area contributed by atoms with Gasteiger partial charge in [0.2, 0.25) is 0 Å². The summed E-state index contributed by atoms with van der Waals surface area (Å²) in [5.74, 6) is -0.163. The number of hydrogen-bond donors (Lipinski definition) is 1. The maximum Gasteiger partial charge on any atom is 0.165 e. The van der Waals surface area contributed by atoms with Crippen molar-refractivity contribution in [3.05, 3.63) is 59.7 Å². The Balaban J connectivity index is 2.14. The maximum absolute atomic E-state index is 13.6. The third-order valence-corrected chi connectivity index (χ3v) is 2.78. The molecule has 2 rings (SSSR count). The zero-order valence-electron chi connectivity index (χ0n) is 10.1. The van der Waals surface area contributed by atoms with E-state index in [4.69, 9.17) is 10.5 Å². The molecule has 0 fully saturated rings. The summed E-state index contributed by atoms with van der Waals surface area (Å²) in [5.41, 5.74) is 7.83. The Hall–Kier alpha value is -1.94. The summed E-state index contributed by atoms with van der Waals surface area (Å²) in [6, 6.07) is 8.34. The number of rotatable bonds is 4. The Kier molecular flexibility index (Phi) is 3.89. The van der Waals surface area contributed by atoms with Gasteiger partial charge in [-0.2, -0.15) is 0 Å². The van der Waals surface area contributed by atoms with Crippen molar-refractivity contribution in [2.24, 2.45) is 5.73 Å². The van der Waals surface area contributed by atoms with Gasteiger partial charge in [-0.25, -0.2) is 4.39 Å². The average molecular weight is 246 g/mol. The molecule has 0 aliphatic carbocycles. The SMILES string of the molecule is COc1ccc(C(N)Cc2cccnc2)cc1F. The molecule has 1 atom stereocenters. The first-order chi connectivity index (χ1) is 8.70. The third-order valence-electron chi connectivity index (χ3n) is 2.78. The van der Waals surface area contributed by atoms with E-state index < -0.39 is 5.82 Å². The van der Waals surface area contributed by atoms with Gasteiger partial charge in [-0.15, -0.1) is 0 Å². The number of pyridine rings is 1. The highest BCUT2D eigenvalue weighted by atomic mass is 19.1. The van der Waals surface area contributed by atoms with Gasteiger partial charge in [-0.05, 0) is 35.7 Å². The fourth-order valence-corrected chi connectivity index (χ4v) is 1.80. The molecule has 18 heavy (non-hydrogen) atoms. The summed E-state index contributed by atoms with van der Waals surface area (Å²) in [5, 5.41) is 0. The lowest BCUT2D eigenvalue weighted by Crippen LogP contribution is -2.13. The molecule has 1 heterocycles. The molecular formula is C14H15FN2O. The molecule has 1 unspecified atom stereocenters. The van der Waals surface area contributed by atoms with Gasteiger partial charge in [0.15, 0.2) is 11.6 Å². The lowest BCUT2D eigenvalue weighted by molar-refractivity contribution is 0.386. The van der Waals surface area contributed by atoms with Crippen LogP contribution in [0.1, 0.15) is 17.2 Å². The molecule has 0 bridgehead atoms. The molecule has 0 aliphatic rings. The molecule has 0 saturated carbocycles. The van der Waals surface area contributed by atoms with Crippen molar-refractivity contribution in [2.45, 2.75) is 12.5 Å². The van der Waals surface area contributed by atoms with E-state index in [1.165, 1.54) is 13.2 Å². The van der Waals surface area contributed by atoms with Crippen LogP contribution >= 0.6 is 0 Å². The Morgan fingerprint density at radius 3 is 2.83 bits per heavy atom. The van der Waals surface area contributed by atoms with E-state index in [2.05, 4.69) is 4.98 Å². The summed E-state index contributed by atoms with van der Waals surface area (Å²) in [6.07, 6.45) is 4.10. The van der Waals surface area contributed by atoms with E-state index in [0.29, 0.717) is 6.42 Å². The maximum atomic E-state index is 13.6. The molecule has 3 nitrogen and oxygen atoms in total. The number of aromatic nitrogens is 1. The quantitative estimate of drug-likeness (QED) is 0.901. The number of halogens is 1. The summed E-state index contributed by atoms with van der Waals surface area (Å²) < 4.78 is 18.4. The highest BCUT2D eigenvalue weighted by Crippen LogP contribution is 2.22. The molecule has 0 amide bonds. The van der Waals surface area contributed by atoms with Crippen molar-refractivity contribution < 1.29 is 9.13 Å². The van der Waals surface area contributed by atoms with Crippen LogP contribution in [0.3, 0.4) is 0 Å². The van der Waals surface area contributed by atoms with Crippen LogP contribution in [0.2, 0.25) is 0 Å². The van der Waals surface area contributed by atoms with Crippen molar-refractivity contribution in [2.75, 3.05) is 7.11 Å². The summed E-state index contributed by atoms with van der Waals surface area (Å²) in [7, 11) is 1.44. The van der Waals surface area contributed by atoms with Gasteiger partial charge in [-0.1, -0.05) is 12.1 Å². The minimum atomic E-state index is -0.392. The second-order valence-corrected chi connectivity index (χ2v) is 4.07. The summed E-state index contributed by atoms with van der Waals surface area (Å²) in [6.45, 7) is 0. The molecule has 0 saturated heterocycles. The van der Waals surface area contributed by atoms with Crippen LogP contribution in [0.25, 0.3) is 0 Å². The predicted molar refractivity (Wildman–Crippen MR) is 67.8 cm³/mol. The fraction of sp³-hybridized carbons (Fsp3) is 0.214. The van der Waals surface area contributed by atoms with Gasteiger partial charge in [0.25, 0.3) is 0 Å². The minimum absolute atomic E-state index is 0.229. The Morgan fingerprint density at radius 2 is 2.22 bits per heavy atom. The van der Waals surface area contributed by atoms with E-state index in [9.17, 15) is 4.39 Å². The van der Waals surface area contributed by atoms with Gasteiger partial charge < -0.3 is 10.5 Å². The van der Waals surface area contributed by atoms with E-state index >= 15 is 0 Å². The first kappa shape index (κ1) is 12.5. The third kappa shape index (κ3) is 2.84. The number of nitrogens with two attached hydrogens (primary N) is 1. The van der Waals surface area contributed by atoms with Crippen LogP contribution in [0, 0.1) is 5.82 Å². The van der Waals surface area contributed by atoms with Crippen LogP contribution in [0.4, 0.5) is 4.39 Å². The average Bonchev–Trinajstić information content (AvgIpc) is 2.39. The highest BCUT2D eigenvalue weighted by Gasteiger charge is 2.10. The van der Waals surface area contributed by atoms with Crippen LogP contribution < -0.4 is 10.5 Å². The second-order valence-electron chi connectivity index (χ2n) is 4.07. The molecule has 2 N–H and O–H groups in total. The van der Waals surface area contributed by atoms with Crippen molar-refractivity contribution >= 4 is 0 Å². The lowest BCUT2D eigenvalue weighted by Gasteiger charge is -2.13. The minimum Gasteiger partial charge on any atom is -0.494 e. The predicted octanol–water partition coefficient (Wildman–Crippen LogP) is 2.47. The zero-order valence-corrected chi connectivity index (χ0v) is 10.1. The number of methoxy groups -OCH3 is 1. The zero-order chi connectivity index (χ0) is 13.0. The van der Waals surface area contributed by atoms with Crippen LogP contribution in [0.15, 0.2) is 42.7 Å². The summed E-state index contributed by atoms with van der Waals surface area (Å²) in [4.78, 5) is 4.03.